The highest BCUT2D eigenvalue weighted by Gasteiger charge is 2.22. The van der Waals surface area contributed by atoms with Crippen LogP contribution in [-0.2, 0) is 9.53 Å². The molecule has 0 aliphatic carbocycles. The molecular weight excluding hydrogens is 275 g/mol. The van der Waals surface area contributed by atoms with Crippen LogP contribution in [0.2, 0.25) is 0 Å². The summed E-state index contributed by atoms with van der Waals surface area (Å²) in [5.41, 5.74) is 0. The zero-order chi connectivity index (χ0) is 15.5. The molecule has 0 aromatic carbocycles. The zero-order valence-electron chi connectivity index (χ0n) is 13.7. The predicted molar refractivity (Wildman–Crippen MR) is 86.0 cm³/mol. The molecule has 2 nitrogen and oxygen atoms in total. The van der Waals surface area contributed by atoms with E-state index in [1.165, 1.54) is 0 Å². The molecule has 0 spiro atoms. The lowest BCUT2D eigenvalue weighted by Gasteiger charge is -2.19. The molecular formula is C16H31FO2S. The summed E-state index contributed by atoms with van der Waals surface area (Å²) < 4.78 is 18.7. The average Bonchev–Trinajstić information content (AvgIpc) is 2.32. The molecule has 0 radical (unpaired) electrons. The Morgan fingerprint density at radius 3 is 2.35 bits per heavy atom. The number of carbonyl (C=O) groups is 1. The van der Waals surface area contributed by atoms with Gasteiger partial charge >= 0.3 is 5.97 Å². The minimum absolute atomic E-state index is 0.0717. The number of hydrogen-bond acceptors (Lipinski definition) is 3. The molecule has 0 N–H and O–H groups in total. The van der Waals surface area contributed by atoms with Crippen molar-refractivity contribution < 1.29 is 13.9 Å². The standard InChI is InChI=1S/C16H31FO2S/c1-6-8-14(17)9-7-10-20-15(11-12(2)3)16(18)19-13(4)5/h12-15H,6-11H2,1-5H3. The Kier molecular flexibility index (Phi) is 11.3. The van der Waals surface area contributed by atoms with Gasteiger partial charge in [0.15, 0.2) is 0 Å². The molecule has 0 aromatic heterocycles. The SMILES string of the molecule is CCCC(F)CCCSC(CC(C)C)C(=O)OC(C)C. The first kappa shape index (κ1) is 19.8. The number of hydrogen-bond donors (Lipinski definition) is 0. The summed E-state index contributed by atoms with van der Waals surface area (Å²) in [6.07, 6.45) is 3.04. The third kappa shape index (κ3) is 10.5. The smallest absolute Gasteiger partial charge is 0.319 e. The summed E-state index contributed by atoms with van der Waals surface area (Å²) in [5.74, 6) is 1.17. The molecule has 120 valence electrons. The van der Waals surface area contributed by atoms with E-state index in [2.05, 4.69) is 13.8 Å². The molecule has 2 unspecified atom stereocenters. The third-order valence-corrected chi connectivity index (χ3v) is 4.19. The lowest BCUT2D eigenvalue weighted by atomic mass is 10.1. The fourth-order valence-corrected chi connectivity index (χ4v) is 3.29. The molecule has 0 saturated carbocycles. The largest absolute Gasteiger partial charge is 0.462 e. The van der Waals surface area contributed by atoms with Gasteiger partial charge in [-0.05, 0) is 51.2 Å². The number of carbonyl (C=O) groups excluding carboxylic acids is 1. The molecule has 2 atom stereocenters. The van der Waals surface area contributed by atoms with Crippen molar-refractivity contribution in [2.24, 2.45) is 5.92 Å². The molecule has 4 heteroatoms. The Hall–Kier alpha value is -0.250. The number of esters is 1. The number of ether oxygens (including phenoxy) is 1. The van der Waals surface area contributed by atoms with Gasteiger partial charge in [-0.15, -0.1) is 11.8 Å². The molecule has 0 aliphatic rings. The quantitative estimate of drug-likeness (QED) is 0.397. The summed E-state index contributed by atoms with van der Waals surface area (Å²) in [6, 6.07) is 0. The zero-order valence-corrected chi connectivity index (χ0v) is 14.5. The molecule has 20 heavy (non-hydrogen) atoms. The first-order valence-corrected chi connectivity index (χ1v) is 8.87. The van der Waals surface area contributed by atoms with E-state index in [-0.39, 0.29) is 17.3 Å². The Morgan fingerprint density at radius 2 is 1.85 bits per heavy atom. The number of alkyl halides is 1. The molecule has 0 saturated heterocycles. The molecule has 0 fully saturated rings. The van der Waals surface area contributed by atoms with Crippen molar-refractivity contribution >= 4 is 17.7 Å². The van der Waals surface area contributed by atoms with Crippen molar-refractivity contribution in [2.45, 2.75) is 84.2 Å². The van der Waals surface area contributed by atoms with Crippen LogP contribution in [0.5, 0.6) is 0 Å². The van der Waals surface area contributed by atoms with E-state index in [0.717, 1.165) is 25.0 Å². The van der Waals surface area contributed by atoms with Crippen LogP contribution in [0.25, 0.3) is 0 Å². The van der Waals surface area contributed by atoms with Gasteiger partial charge in [-0.1, -0.05) is 27.2 Å². The van der Waals surface area contributed by atoms with E-state index in [9.17, 15) is 9.18 Å². The summed E-state index contributed by atoms with van der Waals surface area (Å²) >= 11 is 1.62. The van der Waals surface area contributed by atoms with Gasteiger partial charge in [0.2, 0.25) is 0 Å². The van der Waals surface area contributed by atoms with Gasteiger partial charge in [0.1, 0.15) is 11.4 Å². The lowest BCUT2D eigenvalue weighted by molar-refractivity contribution is -0.147. The van der Waals surface area contributed by atoms with Crippen molar-refractivity contribution in [1.82, 2.24) is 0 Å². The van der Waals surface area contributed by atoms with E-state index in [0.29, 0.717) is 18.8 Å². The maximum absolute atomic E-state index is 13.4. The topological polar surface area (TPSA) is 26.3 Å². The van der Waals surface area contributed by atoms with Crippen LogP contribution in [-0.4, -0.2) is 29.2 Å². The number of halogens is 1. The van der Waals surface area contributed by atoms with E-state index < -0.39 is 6.17 Å². The minimum Gasteiger partial charge on any atom is -0.462 e. The summed E-state index contributed by atoms with van der Waals surface area (Å²) in [6.45, 7) is 9.95. The van der Waals surface area contributed by atoms with Crippen LogP contribution in [0.1, 0.15) is 66.7 Å². The Labute approximate surface area is 128 Å². The first-order chi connectivity index (χ1) is 9.36. The molecule has 0 amide bonds. The Morgan fingerprint density at radius 1 is 1.20 bits per heavy atom. The highest BCUT2D eigenvalue weighted by atomic mass is 32.2. The molecule has 0 aromatic rings. The third-order valence-electron chi connectivity index (χ3n) is 2.88. The van der Waals surface area contributed by atoms with Crippen LogP contribution in [0.15, 0.2) is 0 Å². The van der Waals surface area contributed by atoms with Gasteiger partial charge < -0.3 is 4.74 Å². The first-order valence-electron chi connectivity index (χ1n) is 7.82. The fraction of sp³-hybridized carbons (Fsp3) is 0.938. The highest BCUT2D eigenvalue weighted by Crippen LogP contribution is 2.23. The maximum Gasteiger partial charge on any atom is 0.319 e. The minimum atomic E-state index is -0.688. The number of rotatable bonds is 11. The van der Waals surface area contributed by atoms with Crippen LogP contribution in [0.4, 0.5) is 4.39 Å². The second-order valence-electron chi connectivity index (χ2n) is 6.00. The highest BCUT2D eigenvalue weighted by molar-refractivity contribution is 8.00. The van der Waals surface area contributed by atoms with E-state index >= 15 is 0 Å². The Balaban J connectivity index is 4.07. The van der Waals surface area contributed by atoms with Crippen LogP contribution < -0.4 is 0 Å². The van der Waals surface area contributed by atoms with Gasteiger partial charge in [-0.3, -0.25) is 4.79 Å². The lowest BCUT2D eigenvalue weighted by Crippen LogP contribution is -2.25. The average molecular weight is 306 g/mol. The van der Waals surface area contributed by atoms with Gasteiger partial charge in [0, 0.05) is 0 Å². The second-order valence-corrected chi connectivity index (χ2v) is 7.31. The summed E-state index contributed by atoms with van der Waals surface area (Å²) in [5, 5.41) is -0.110. The van der Waals surface area contributed by atoms with Gasteiger partial charge in [-0.2, -0.15) is 0 Å². The van der Waals surface area contributed by atoms with Crippen molar-refractivity contribution in [2.75, 3.05) is 5.75 Å². The normalized spacial score (nSPS) is 14.6. The fourth-order valence-electron chi connectivity index (χ4n) is 1.96. The van der Waals surface area contributed by atoms with E-state index in [1.807, 2.05) is 20.8 Å². The molecule has 0 rings (SSSR count). The van der Waals surface area contributed by atoms with Crippen LogP contribution in [0.3, 0.4) is 0 Å². The molecule has 0 heterocycles. The van der Waals surface area contributed by atoms with Crippen molar-refractivity contribution in [3.63, 3.8) is 0 Å². The van der Waals surface area contributed by atoms with Crippen molar-refractivity contribution in [3.8, 4) is 0 Å². The predicted octanol–water partition coefficient (Wildman–Crippen LogP) is 5.00. The second kappa shape index (κ2) is 11.4. The van der Waals surface area contributed by atoms with Crippen LogP contribution >= 0.6 is 11.8 Å². The molecule has 0 bridgehead atoms. The van der Waals surface area contributed by atoms with Gasteiger partial charge in [0.25, 0.3) is 0 Å². The molecule has 0 aliphatic heterocycles. The monoisotopic (exact) mass is 306 g/mol. The van der Waals surface area contributed by atoms with Crippen molar-refractivity contribution in [3.05, 3.63) is 0 Å². The van der Waals surface area contributed by atoms with Crippen LogP contribution in [0, 0.1) is 5.92 Å². The maximum atomic E-state index is 13.4. The van der Waals surface area contributed by atoms with E-state index in [4.69, 9.17) is 4.74 Å². The van der Waals surface area contributed by atoms with Crippen molar-refractivity contribution in [1.29, 1.82) is 0 Å². The number of thioether (sulfide) groups is 1. The van der Waals surface area contributed by atoms with E-state index in [1.54, 1.807) is 11.8 Å². The summed E-state index contributed by atoms with van der Waals surface area (Å²) in [7, 11) is 0. The van der Waals surface area contributed by atoms with Gasteiger partial charge in [-0.25, -0.2) is 4.39 Å². The summed E-state index contributed by atoms with van der Waals surface area (Å²) in [4.78, 5) is 12.0. The Bertz CT molecular complexity index is 257. The van der Waals surface area contributed by atoms with Gasteiger partial charge in [0.05, 0.1) is 6.10 Å².